The Bertz CT molecular complexity index is 1620. The third-order valence-electron chi connectivity index (χ3n) is 12.0. The minimum absolute atomic E-state index is 0.315. The van der Waals surface area contributed by atoms with Gasteiger partial charge in [-0.15, -0.1) is 6.58 Å². The Morgan fingerprint density at radius 1 is 0.513 bits per heavy atom. The fourth-order valence-electron chi connectivity index (χ4n) is 6.75. The fourth-order valence-corrected chi connectivity index (χ4v) is 15.3. The van der Waals surface area contributed by atoms with Crippen molar-refractivity contribution in [2.45, 2.75) is 101 Å². The number of epoxide rings is 1. The van der Waals surface area contributed by atoms with Crippen LogP contribution in [0.3, 0.4) is 0 Å². The van der Waals surface area contributed by atoms with Crippen molar-refractivity contribution < 1.29 is 94.9 Å². The number of allylic oxidation sites excluding steroid dienone is 1. The summed E-state index contributed by atoms with van der Waals surface area (Å²) in [6.45, 7) is 18.7. The predicted octanol–water partition coefficient (Wildman–Crippen LogP) is 8.78. The number of aryl methyl sites for hydroxylation is 1. The smallest absolute Gasteiger partial charge is 0.463 e. The van der Waals surface area contributed by atoms with E-state index in [0.29, 0.717) is 63.0 Å². The molecular weight excluding hydrogens is 1100 g/mol. The second-order valence-electron chi connectivity index (χ2n) is 16.8. The molecule has 0 aromatic heterocycles. The van der Waals surface area contributed by atoms with E-state index >= 15 is 0 Å². The maximum absolute atomic E-state index is 11.1. The summed E-state index contributed by atoms with van der Waals surface area (Å²) in [6, 6.07) is 12.0. The number of carbonyl (C=O) groups is 2. The summed E-state index contributed by atoms with van der Waals surface area (Å²) < 4.78 is 99.5. The zero-order valence-electron chi connectivity index (χ0n) is 50.5. The first-order chi connectivity index (χ1) is 37.3. The van der Waals surface area contributed by atoms with Crippen LogP contribution in [0, 0.1) is 0 Å². The molecule has 0 aliphatic carbocycles. The first-order valence-electron chi connectivity index (χ1n) is 25.8. The first-order valence-corrected chi connectivity index (χ1v) is 35.4. The molecule has 456 valence electrons. The Hall–Kier alpha value is -2.48. The normalized spacial score (nSPS) is 13.2. The van der Waals surface area contributed by atoms with Crippen molar-refractivity contribution >= 4 is 62.0 Å². The second-order valence-corrected chi connectivity index (χ2v) is 32.2. The third kappa shape index (κ3) is 36.1. The van der Waals surface area contributed by atoms with E-state index in [-0.39, 0.29) is 5.97 Å². The van der Waals surface area contributed by atoms with E-state index in [4.69, 9.17) is 85.3 Å². The van der Waals surface area contributed by atoms with Gasteiger partial charge in [0, 0.05) is 155 Å². The van der Waals surface area contributed by atoms with E-state index in [2.05, 4.69) is 50.6 Å². The summed E-state index contributed by atoms with van der Waals surface area (Å²) in [7, 11) is 11.9. The molecule has 1 aliphatic heterocycles. The standard InChI is InChI=1S/C13H20O3Si.C11H24O3Si.C10H20O5Si.C9H20O5Si.C9H18O5Si/c1-5-12-6-8-13(9-7-12)10-11-17(14-2,15-3)16-4;1-5-6-7-8-9-10-11-15(12-2,13-3)14-4;1-9(2)10(11)15-7-6-8-16(12-3,13-4)14-5;1-10-15(11-2,12-3)6-4-5-13-7-9-8-14-9;1-5-9(10)14-7-6-8-15(11-2,12-3)13-4/h5-9H,1,10-11H2,2-4H3;5H,1,6-11H2,2-4H3;1,6-8H2,2-5H3;9H,4-8H2,1-3H3;5H,1,6-8H2,2-4H3. The Morgan fingerprint density at radius 2 is 0.872 bits per heavy atom. The lowest BCUT2D eigenvalue weighted by molar-refractivity contribution is -0.139. The van der Waals surface area contributed by atoms with Gasteiger partial charge in [-0.3, -0.25) is 0 Å². The first kappa shape index (κ1) is 79.7. The molecule has 1 saturated heterocycles. The Kier molecular flexibility index (Phi) is 50.3. The fraction of sp³-hybridized carbons (Fsp3) is 0.692. The predicted molar refractivity (Wildman–Crippen MR) is 313 cm³/mol. The van der Waals surface area contributed by atoms with Gasteiger partial charge in [-0.25, -0.2) is 9.59 Å². The lowest BCUT2D eigenvalue weighted by atomic mass is 10.1. The molecular formula is C52H102O21Si5. The molecule has 0 spiro atoms. The van der Waals surface area contributed by atoms with Gasteiger partial charge in [-0.05, 0) is 63.0 Å². The third-order valence-corrected chi connectivity index (χ3v) is 26.0. The molecule has 1 fully saturated rings. The molecule has 1 unspecified atom stereocenters. The van der Waals surface area contributed by atoms with Gasteiger partial charge in [0.05, 0.1) is 26.4 Å². The van der Waals surface area contributed by atoms with Crippen molar-refractivity contribution in [1.29, 1.82) is 0 Å². The average molecular weight is 1200 g/mol. The summed E-state index contributed by atoms with van der Waals surface area (Å²) in [5, 5.41) is 0. The van der Waals surface area contributed by atoms with Crippen LogP contribution in [0.2, 0.25) is 30.2 Å². The Morgan fingerprint density at radius 3 is 1.22 bits per heavy atom. The highest BCUT2D eigenvalue weighted by molar-refractivity contribution is 6.62. The van der Waals surface area contributed by atoms with Gasteiger partial charge in [0.2, 0.25) is 0 Å². The van der Waals surface area contributed by atoms with Crippen LogP contribution >= 0.6 is 0 Å². The van der Waals surface area contributed by atoms with E-state index in [0.717, 1.165) is 62.1 Å². The summed E-state index contributed by atoms with van der Waals surface area (Å²) in [5.41, 5.74) is 2.77. The van der Waals surface area contributed by atoms with Gasteiger partial charge >= 0.3 is 56.0 Å². The molecule has 0 N–H and O–H groups in total. The van der Waals surface area contributed by atoms with Crippen LogP contribution in [-0.4, -0.2) is 202 Å². The van der Waals surface area contributed by atoms with Crippen molar-refractivity contribution in [3.8, 4) is 0 Å². The van der Waals surface area contributed by atoms with Crippen LogP contribution < -0.4 is 0 Å². The lowest BCUT2D eigenvalue weighted by Crippen LogP contribution is -2.43. The molecule has 26 heteroatoms. The maximum atomic E-state index is 11.1. The molecule has 1 aromatic carbocycles. The van der Waals surface area contributed by atoms with Crippen molar-refractivity contribution in [1.82, 2.24) is 0 Å². The lowest BCUT2D eigenvalue weighted by Gasteiger charge is -2.24. The highest BCUT2D eigenvalue weighted by atomic mass is 28.4. The molecule has 1 aromatic rings. The second kappa shape index (κ2) is 49.2. The number of unbranched alkanes of at least 4 members (excludes halogenated alkanes) is 4. The number of hydrogen-bond donors (Lipinski definition) is 0. The molecule has 1 atom stereocenters. The van der Waals surface area contributed by atoms with Gasteiger partial charge in [-0.2, -0.15) is 0 Å². The molecule has 0 bridgehead atoms. The molecule has 2 rings (SSSR count). The zero-order chi connectivity index (χ0) is 59.8. The highest BCUT2D eigenvalue weighted by Gasteiger charge is 2.40. The molecule has 0 radical (unpaired) electrons. The topological polar surface area (TPSA) is 213 Å². The highest BCUT2D eigenvalue weighted by Crippen LogP contribution is 2.21. The quantitative estimate of drug-likeness (QED) is 0.0149. The molecule has 1 aliphatic rings. The minimum Gasteiger partial charge on any atom is -0.463 e. The molecule has 78 heavy (non-hydrogen) atoms. The van der Waals surface area contributed by atoms with E-state index in [9.17, 15) is 9.59 Å². The molecule has 0 amide bonds. The number of carbonyl (C=O) groups excluding carboxylic acids is 2. The number of esters is 2. The Balaban J connectivity index is -0.000000902. The summed E-state index contributed by atoms with van der Waals surface area (Å²) in [5.74, 6) is -0.797. The van der Waals surface area contributed by atoms with Gasteiger partial charge in [-0.1, -0.05) is 69.0 Å². The van der Waals surface area contributed by atoms with Crippen LogP contribution in [0.25, 0.3) is 6.08 Å². The molecule has 21 nitrogen and oxygen atoms in total. The summed E-state index contributed by atoms with van der Waals surface area (Å²) in [6.07, 6.45) is 14.2. The Labute approximate surface area is 475 Å². The molecule has 0 saturated carbocycles. The molecule has 1 heterocycles. The van der Waals surface area contributed by atoms with Crippen molar-refractivity contribution in [2.24, 2.45) is 0 Å². The number of ether oxygens (including phenoxy) is 4. The van der Waals surface area contributed by atoms with Gasteiger partial charge in [0.25, 0.3) is 0 Å². The summed E-state index contributed by atoms with van der Waals surface area (Å²) >= 11 is 0. The number of rotatable bonds is 42. The maximum Gasteiger partial charge on any atom is 0.500 e. The van der Waals surface area contributed by atoms with E-state index < -0.39 is 50.0 Å². The van der Waals surface area contributed by atoms with Gasteiger partial charge < -0.3 is 85.3 Å². The average Bonchev–Trinajstić information content (AvgIpc) is 4.32. The van der Waals surface area contributed by atoms with Crippen LogP contribution in [0.4, 0.5) is 0 Å². The monoisotopic (exact) mass is 1200 g/mol. The van der Waals surface area contributed by atoms with Crippen LogP contribution in [-0.2, 0) is 101 Å². The van der Waals surface area contributed by atoms with Gasteiger partial charge in [0.15, 0.2) is 0 Å². The zero-order valence-corrected chi connectivity index (χ0v) is 55.5. The van der Waals surface area contributed by atoms with Crippen LogP contribution in [0.5, 0.6) is 0 Å². The van der Waals surface area contributed by atoms with Crippen LogP contribution in [0.1, 0.15) is 69.4 Å². The van der Waals surface area contributed by atoms with Gasteiger partial charge in [0.1, 0.15) is 6.10 Å². The SMILES string of the molecule is C=C(C)C(=O)OCCC[Si](OC)(OC)OC.C=CC(=O)OCCC[Si](OC)(OC)OC.C=CCCCCCC[Si](OC)(OC)OC.C=Cc1ccc(CC[Si](OC)(OC)OC)cc1.CO[Si](CCCOCC1CO1)(OC)OC. The van der Waals surface area contributed by atoms with Crippen molar-refractivity contribution in [3.63, 3.8) is 0 Å². The van der Waals surface area contributed by atoms with Crippen molar-refractivity contribution in [3.05, 3.63) is 79.4 Å². The van der Waals surface area contributed by atoms with Crippen molar-refractivity contribution in [2.75, 3.05) is 140 Å². The van der Waals surface area contributed by atoms with Crippen LogP contribution in [0.15, 0.2) is 68.3 Å². The largest absolute Gasteiger partial charge is 0.500 e. The summed E-state index contributed by atoms with van der Waals surface area (Å²) in [4.78, 5) is 21.8. The minimum atomic E-state index is -2.53. The van der Waals surface area contributed by atoms with E-state index in [1.807, 2.05) is 12.2 Å². The van der Waals surface area contributed by atoms with E-state index in [1.54, 1.807) is 114 Å². The number of benzene rings is 1. The van der Waals surface area contributed by atoms with E-state index in [1.165, 1.54) is 24.8 Å². The number of hydrogen-bond acceptors (Lipinski definition) is 21.